The predicted octanol–water partition coefficient (Wildman–Crippen LogP) is 3.98. The first kappa shape index (κ1) is 16.2. The lowest BCUT2D eigenvalue weighted by Crippen LogP contribution is -1.98. The highest BCUT2D eigenvalue weighted by Gasteiger charge is 2.12. The Labute approximate surface area is 123 Å². The highest BCUT2D eigenvalue weighted by atomic mass is 16.6. The van der Waals surface area contributed by atoms with E-state index in [0.717, 1.165) is 5.56 Å². The molecule has 0 saturated carbocycles. The third-order valence-electron chi connectivity index (χ3n) is 2.60. The Morgan fingerprint density at radius 1 is 1.10 bits per heavy atom. The monoisotopic (exact) mass is 287 g/mol. The second kappa shape index (κ2) is 8.37. The molecule has 0 saturated heterocycles. The highest BCUT2D eigenvalue weighted by molar-refractivity contribution is 5.48. The van der Waals surface area contributed by atoms with Gasteiger partial charge in [-0.05, 0) is 11.6 Å². The summed E-state index contributed by atoms with van der Waals surface area (Å²) in [6, 6.07) is 13.9. The van der Waals surface area contributed by atoms with E-state index in [1.54, 1.807) is 6.07 Å². The van der Waals surface area contributed by atoms with Crippen molar-refractivity contribution in [2.24, 2.45) is 0 Å². The summed E-state index contributed by atoms with van der Waals surface area (Å²) < 4.78 is 10.7. The number of methoxy groups -OCH3 is 1. The van der Waals surface area contributed by atoms with Gasteiger partial charge in [-0.25, -0.2) is 0 Å². The fourth-order valence-electron chi connectivity index (χ4n) is 1.62. The molecule has 0 atom stereocenters. The average Bonchev–Trinajstić information content (AvgIpc) is 2.55. The van der Waals surface area contributed by atoms with E-state index >= 15 is 0 Å². The highest BCUT2D eigenvalue weighted by Crippen LogP contribution is 2.31. The van der Waals surface area contributed by atoms with Gasteiger partial charge < -0.3 is 9.47 Å². The molecule has 0 aliphatic carbocycles. The van der Waals surface area contributed by atoms with Crippen molar-refractivity contribution in [2.75, 3.05) is 7.11 Å². The van der Waals surface area contributed by atoms with Crippen molar-refractivity contribution in [3.63, 3.8) is 0 Å². The topological polar surface area (TPSA) is 61.6 Å². The van der Waals surface area contributed by atoms with Crippen molar-refractivity contribution in [3.8, 4) is 11.5 Å². The summed E-state index contributed by atoms with van der Waals surface area (Å²) >= 11 is 0. The predicted molar refractivity (Wildman–Crippen MR) is 81.7 cm³/mol. The Balaban J connectivity index is 0.00000106. The first-order valence-electron chi connectivity index (χ1n) is 6.20. The third kappa shape index (κ3) is 4.65. The van der Waals surface area contributed by atoms with E-state index in [2.05, 4.69) is 13.2 Å². The van der Waals surface area contributed by atoms with Gasteiger partial charge in [0.2, 0.25) is 0 Å². The van der Waals surface area contributed by atoms with Crippen LogP contribution >= 0.6 is 0 Å². The third-order valence-corrected chi connectivity index (χ3v) is 2.60. The van der Waals surface area contributed by atoms with Crippen LogP contribution in [-0.2, 0) is 6.61 Å². The summed E-state index contributed by atoms with van der Waals surface area (Å²) in [6.07, 6.45) is 0. The lowest BCUT2D eigenvalue weighted by molar-refractivity contribution is -0.385. The van der Waals surface area contributed by atoms with Gasteiger partial charge in [0.05, 0.1) is 18.1 Å². The normalized spacial score (nSPS) is 9.19. The molecule has 0 unspecified atom stereocenters. The Kier molecular flexibility index (Phi) is 6.47. The maximum Gasteiger partial charge on any atom is 0.273 e. The summed E-state index contributed by atoms with van der Waals surface area (Å²) in [7, 11) is 1.45. The molecule has 5 heteroatoms. The van der Waals surface area contributed by atoms with Gasteiger partial charge in [0.1, 0.15) is 6.61 Å². The molecular weight excluding hydrogens is 270 g/mol. The standard InChI is InChI=1S/C14H13NO4.C2H4/c1-18-14-9-12(15(16)17)7-8-13(14)19-10-11-5-3-2-4-6-11;1-2/h2-9H,10H2,1H3;1-2H2. The molecule has 0 aliphatic rings. The molecule has 0 N–H and O–H groups in total. The molecule has 0 bridgehead atoms. The fourth-order valence-corrected chi connectivity index (χ4v) is 1.62. The molecule has 110 valence electrons. The van der Waals surface area contributed by atoms with E-state index in [0.29, 0.717) is 18.1 Å². The Hall–Kier alpha value is -2.82. The summed E-state index contributed by atoms with van der Waals surface area (Å²) in [5.74, 6) is 0.835. The van der Waals surface area contributed by atoms with Crippen molar-refractivity contribution >= 4 is 5.69 Å². The number of nitrogens with zero attached hydrogens (tertiary/aromatic N) is 1. The molecule has 2 aromatic carbocycles. The van der Waals surface area contributed by atoms with E-state index in [1.807, 2.05) is 30.3 Å². The molecule has 0 amide bonds. The zero-order chi connectivity index (χ0) is 15.7. The minimum Gasteiger partial charge on any atom is -0.493 e. The second-order valence-corrected chi connectivity index (χ2v) is 3.87. The molecule has 0 spiro atoms. The van der Waals surface area contributed by atoms with Crippen LogP contribution in [0.2, 0.25) is 0 Å². The number of non-ortho nitro benzene ring substituents is 1. The Bertz CT molecular complexity index is 584. The van der Waals surface area contributed by atoms with E-state index < -0.39 is 4.92 Å². The first-order chi connectivity index (χ1) is 10.2. The van der Waals surface area contributed by atoms with Crippen LogP contribution in [0.3, 0.4) is 0 Å². The fraction of sp³-hybridized carbons (Fsp3) is 0.125. The summed E-state index contributed by atoms with van der Waals surface area (Å²) in [5.41, 5.74) is 0.992. The molecule has 5 nitrogen and oxygen atoms in total. The number of benzene rings is 2. The molecule has 0 heterocycles. The van der Waals surface area contributed by atoms with E-state index in [1.165, 1.54) is 19.2 Å². The van der Waals surface area contributed by atoms with Gasteiger partial charge >= 0.3 is 0 Å². The van der Waals surface area contributed by atoms with Crippen LogP contribution < -0.4 is 9.47 Å². The van der Waals surface area contributed by atoms with Crippen molar-refractivity contribution in [1.29, 1.82) is 0 Å². The van der Waals surface area contributed by atoms with Crippen molar-refractivity contribution in [3.05, 3.63) is 77.4 Å². The lowest BCUT2D eigenvalue weighted by atomic mass is 10.2. The van der Waals surface area contributed by atoms with Crippen molar-refractivity contribution in [1.82, 2.24) is 0 Å². The first-order valence-corrected chi connectivity index (χ1v) is 6.20. The molecular formula is C16H17NO4. The van der Waals surface area contributed by atoms with Gasteiger partial charge in [0, 0.05) is 6.07 Å². The number of hydrogen-bond acceptors (Lipinski definition) is 4. The molecule has 21 heavy (non-hydrogen) atoms. The number of nitro groups is 1. The van der Waals surface area contributed by atoms with Crippen LogP contribution in [0.4, 0.5) is 5.69 Å². The maximum absolute atomic E-state index is 10.7. The molecule has 0 aliphatic heterocycles. The van der Waals surface area contributed by atoms with Gasteiger partial charge in [-0.3, -0.25) is 10.1 Å². The quantitative estimate of drug-likeness (QED) is 0.474. The number of hydrogen-bond donors (Lipinski definition) is 0. The summed E-state index contributed by atoms with van der Waals surface area (Å²) in [4.78, 5) is 10.2. The number of nitro benzene ring substituents is 1. The molecule has 2 aromatic rings. The Morgan fingerprint density at radius 3 is 2.33 bits per heavy atom. The van der Waals surface area contributed by atoms with Gasteiger partial charge in [0.25, 0.3) is 5.69 Å². The van der Waals surface area contributed by atoms with Crippen molar-refractivity contribution in [2.45, 2.75) is 6.61 Å². The smallest absolute Gasteiger partial charge is 0.273 e. The number of ether oxygens (including phenoxy) is 2. The van der Waals surface area contributed by atoms with Gasteiger partial charge in [-0.1, -0.05) is 30.3 Å². The van der Waals surface area contributed by atoms with Gasteiger partial charge in [-0.2, -0.15) is 0 Å². The molecule has 0 fully saturated rings. The van der Waals surface area contributed by atoms with Crippen LogP contribution in [-0.4, -0.2) is 12.0 Å². The van der Waals surface area contributed by atoms with E-state index in [4.69, 9.17) is 9.47 Å². The van der Waals surface area contributed by atoms with Gasteiger partial charge in [0.15, 0.2) is 11.5 Å². The molecule has 0 aromatic heterocycles. The minimum atomic E-state index is -0.469. The molecule has 0 radical (unpaired) electrons. The van der Waals surface area contributed by atoms with Crippen LogP contribution in [0.1, 0.15) is 5.56 Å². The Morgan fingerprint density at radius 2 is 1.76 bits per heavy atom. The van der Waals surface area contributed by atoms with Crippen LogP contribution in [0.25, 0.3) is 0 Å². The largest absolute Gasteiger partial charge is 0.493 e. The van der Waals surface area contributed by atoms with E-state index in [9.17, 15) is 10.1 Å². The molecule has 2 rings (SSSR count). The van der Waals surface area contributed by atoms with E-state index in [-0.39, 0.29) is 5.69 Å². The van der Waals surface area contributed by atoms with Crippen LogP contribution in [0.15, 0.2) is 61.7 Å². The average molecular weight is 287 g/mol. The zero-order valence-corrected chi connectivity index (χ0v) is 11.8. The zero-order valence-electron chi connectivity index (χ0n) is 11.8. The summed E-state index contributed by atoms with van der Waals surface area (Å²) in [6.45, 7) is 6.38. The van der Waals surface area contributed by atoms with Gasteiger partial charge in [-0.15, -0.1) is 13.2 Å². The summed E-state index contributed by atoms with van der Waals surface area (Å²) in [5, 5.41) is 10.7. The van der Waals surface area contributed by atoms with Crippen LogP contribution in [0.5, 0.6) is 11.5 Å². The lowest BCUT2D eigenvalue weighted by Gasteiger charge is -2.10. The minimum absolute atomic E-state index is 0.0242. The second-order valence-electron chi connectivity index (χ2n) is 3.87. The van der Waals surface area contributed by atoms with Crippen molar-refractivity contribution < 1.29 is 14.4 Å². The van der Waals surface area contributed by atoms with Crippen LogP contribution in [0, 0.1) is 10.1 Å². The SMILES string of the molecule is C=C.COc1cc([N+](=O)[O-])ccc1OCc1ccccc1. The maximum atomic E-state index is 10.7. The number of rotatable bonds is 5.